The Labute approximate surface area is 85.7 Å². The van der Waals surface area contributed by atoms with Crippen LogP contribution in [0.3, 0.4) is 0 Å². The van der Waals surface area contributed by atoms with Crippen LogP contribution in [0, 0.1) is 17.2 Å². The zero-order valence-corrected chi connectivity index (χ0v) is 8.94. The molecule has 0 aromatic rings. The van der Waals surface area contributed by atoms with Crippen molar-refractivity contribution in [3.05, 3.63) is 0 Å². The molecule has 1 aliphatic heterocycles. The molecule has 0 bridgehead atoms. The fraction of sp³-hybridized carbons (Fsp3) is 0.909. The lowest BCUT2D eigenvalue weighted by Gasteiger charge is -2.22. The summed E-state index contributed by atoms with van der Waals surface area (Å²) < 4.78 is 5.55. The van der Waals surface area contributed by atoms with E-state index in [1.807, 2.05) is 13.8 Å². The Balaban J connectivity index is 2.46. The van der Waals surface area contributed by atoms with Gasteiger partial charge >= 0.3 is 0 Å². The number of hydrogen-bond acceptors (Lipinski definition) is 3. The van der Waals surface area contributed by atoms with Crippen molar-refractivity contribution in [2.45, 2.75) is 57.8 Å². The summed E-state index contributed by atoms with van der Waals surface area (Å²) in [5.74, 6) is -0.268. The smallest absolute Gasteiger partial charge is 0.0959 e. The molecule has 1 aliphatic rings. The molecule has 4 unspecified atom stereocenters. The lowest BCUT2D eigenvalue weighted by molar-refractivity contribution is -0.0450. The molecule has 0 aromatic heterocycles. The van der Waals surface area contributed by atoms with Gasteiger partial charge in [0, 0.05) is 0 Å². The number of hydrogen-bond donors (Lipinski definition) is 1. The van der Waals surface area contributed by atoms with E-state index in [1.54, 1.807) is 0 Å². The van der Waals surface area contributed by atoms with Crippen LogP contribution in [-0.4, -0.2) is 23.4 Å². The molecular formula is C11H19NO2. The second-order valence-corrected chi connectivity index (χ2v) is 4.08. The number of rotatable bonds is 4. The molecule has 1 fully saturated rings. The highest BCUT2D eigenvalue weighted by Gasteiger charge is 2.33. The van der Waals surface area contributed by atoms with E-state index < -0.39 is 6.10 Å². The van der Waals surface area contributed by atoms with Gasteiger partial charge in [0.05, 0.1) is 30.3 Å². The van der Waals surface area contributed by atoms with Crippen molar-refractivity contribution in [2.24, 2.45) is 5.92 Å². The molecule has 3 heteroatoms. The molecular weight excluding hydrogens is 178 g/mol. The number of aliphatic hydroxyl groups is 1. The fourth-order valence-electron chi connectivity index (χ4n) is 1.97. The number of nitrogens with zero attached hydrogens (tertiary/aromatic N) is 1. The Bertz CT molecular complexity index is 212. The molecule has 0 amide bonds. The van der Waals surface area contributed by atoms with Gasteiger partial charge in [0.2, 0.25) is 0 Å². The third kappa shape index (κ3) is 2.70. The van der Waals surface area contributed by atoms with Crippen LogP contribution >= 0.6 is 0 Å². The van der Waals surface area contributed by atoms with E-state index in [9.17, 15) is 5.11 Å². The minimum atomic E-state index is -0.607. The standard InChI is InChI=1S/C11H19NO2/c1-3-4-9(7-12)11(13)10-6-5-8(2)14-10/h8-11,13H,3-6H2,1-2H3. The molecule has 4 atom stereocenters. The van der Waals surface area contributed by atoms with Crippen molar-refractivity contribution in [3.8, 4) is 6.07 Å². The SMILES string of the molecule is CCCC(C#N)C(O)C1CCC(C)O1. The van der Waals surface area contributed by atoms with Gasteiger partial charge in [0.25, 0.3) is 0 Å². The van der Waals surface area contributed by atoms with Crippen LogP contribution in [0.2, 0.25) is 0 Å². The van der Waals surface area contributed by atoms with E-state index in [2.05, 4.69) is 6.07 Å². The lowest BCUT2D eigenvalue weighted by Crippen LogP contribution is -2.32. The normalized spacial score (nSPS) is 31.0. The highest BCUT2D eigenvalue weighted by Crippen LogP contribution is 2.26. The first-order chi connectivity index (χ1) is 6.69. The Morgan fingerprint density at radius 2 is 2.29 bits per heavy atom. The van der Waals surface area contributed by atoms with E-state index in [1.165, 1.54) is 0 Å². The Kier molecular flexibility index (Phi) is 4.37. The third-order valence-electron chi connectivity index (χ3n) is 2.82. The summed E-state index contributed by atoms with van der Waals surface area (Å²) in [5, 5.41) is 18.8. The van der Waals surface area contributed by atoms with Gasteiger partial charge in [-0.05, 0) is 26.2 Å². The maximum atomic E-state index is 9.91. The molecule has 0 aromatic carbocycles. The summed E-state index contributed by atoms with van der Waals surface area (Å²) in [5.41, 5.74) is 0. The van der Waals surface area contributed by atoms with Gasteiger partial charge < -0.3 is 9.84 Å². The molecule has 1 saturated heterocycles. The first-order valence-electron chi connectivity index (χ1n) is 5.42. The summed E-state index contributed by atoms with van der Waals surface area (Å²) >= 11 is 0. The van der Waals surface area contributed by atoms with Gasteiger partial charge in [-0.15, -0.1) is 0 Å². The molecule has 0 spiro atoms. The molecule has 1 rings (SSSR count). The van der Waals surface area contributed by atoms with Crippen LogP contribution in [0.4, 0.5) is 0 Å². The highest BCUT2D eigenvalue weighted by atomic mass is 16.5. The van der Waals surface area contributed by atoms with Crippen molar-refractivity contribution in [1.82, 2.24) is 0 Å². The Hall–Kier alpha value is -0.590. The van der Waals surface area contributed by atoms with Crippen LogP contribution in [0.5, 0.6) is 0 Å². The van der Waals surface area contributed by atoms with Gasteiger partial charge in [0.1, 0.15) is 0 Å². The summed E-state index contributed by atoms with van der Waals surface area (Å²) in [6.45, 7) is 4.03. The largest absolute Gasteiger partial charge is 0.389 e. The number of aliphatic hydroxyl groups excluding tert-OH is 1. The van der Waals surface area contributed by atoms with E-state index in [0.717, 1.165) is 25.7 Å². The zero-order valence-electron chi connectivity index (χ0n) is 8.94. The molecule has 0 aliphatic carbocycles. The van der Waals surface area contributed by atoms with Crippen LogP contribution < -0.4 is 0 Å². The molecule has 0 radical (unpaired) electrons. The minimum Gasteiger partial charge on any atom is -0.389 e. The van der Waals surface area contributed by atoms with Gasteiger partial charge in [-0.3, -0.25) is 0 Å². The lowest BCUT2D eigenvalue weighted by atomic mass is 9.93. The fourth-order valence-corrected chi connectivity index (χ4v) is 1.97. The van der Waals surface area contributed by atoms with Crippen molar-refractivity contribution in [3.63, 3.8) is 0 Å². The Morgan fingerprint density at radius 1 is 1.57 bits per heavy atom. The quantitative estimate of drug-likeness (QED) is 0.748. The second kappa shape index (κ2) is 5.33. The van der Waals surface area contributed by atoms with Crippen LogP contribution in [0.1, 0.15) is 39.5 Å². The van der Waals surface area contributed by atoms with E-state index in [4.69, 9.17) is 10.00 Å². The molecule has 1 heterocycles. The van der Waals surface area contributed by atoms with Gasteiger partial charge in [-0.25, -0.2) is 0 Å². The highest BCUT2D eigenvalue weighted by molar-refractivity contribution is 4.93. The first kappa shape index (κ1) is 11.5. The third-order valence-corrected chi connectivity index (χ3v) is 2.82. The molecule has 1 N–H and O–H groups in total. The molecule has 80 valence electrons. The molecule has 14 heavy (non-hydrogen) atoms. The average molecular weight is 197 g/mol. The average Bonchev–Trinajstić information content (AvgIpc) is 2.60. The monoisotopic (exact) mass is 197 g/mol. The predicted molar refractivity (Wildman–Crippen MR) is 53.6 cm³/mol. The minimum absolute atomic E-state index is 0.124. The number of ether oxygens (including phenoxy) is 1. The maximum absolute atomic E-state index is 9.91. The van der Waals surface area contributed by atoms with Gasteiger partial charge in [-0.2, -0.15) is 5.26 Å². The number of nitriles is 1. The van der Waals surface area contributed by atoms with Crippen LogP contribution in [0.25, 0.3) is 0 Å². The first-order valence-corrected chi connectivity index (χ1v) is 5.42. The van der Waals surface area contributed by atoms with Crippen LogP contribution in [0.15, 0.2) is 0 Å². The van der Waals surface area contributed by atoms with Crippen molar-refractivity contribution in [2.75, 3.05) is 0 Å². The summed E-state index contributed by atoms with van der Waals surface area (Å²) in [4.78, 5) is 0. The van der Waals surface area contributed by atoms with E-state index >= 15 is 0 Å². The van der Waals surface area contributed by atoms with Gasteiger partial charge in [0.15, 0.2) is 0 Å². The summed E-state index contributed by atoms with van der Waals surface area (Å²) in [7, 11) is 0. The Morgan fingerprint density at radius 3 is 2.71 bits per heavy atom. The molecule has 0 saturated carbocycles. The summed E-state index contributed by atoms with van der Waals surface area (Å²) in [6, 6.07) is 2.16. The second-order valence-electron chi connectivity index (χ2n) is 4.08. The van der Waals surface area contributed by atoms with Gasteiger partial charge in [-0.1, -0.05) is 13.3 Å². The maximum Gasteiger partial charge on any atom is 0.0959 e. The van der Waals surface area contributed by atoms with Crippen molar-refractivity contribution >= 4 is 0 Å². The molecule has 3 nitrogen and oxygen atoms in total. The topological polar surface area (TPSA) is 53.2 Å². The van der Waals surface area contributed by atoms with E-state index in [-0.39, 0.29) is 18.1 Å². The van der Waals surface area contributed by atoms with Crippen LogP contribution in [-0.2, 0) is 4.74 Å². The van der Waals surface area contributed by atoms with Crippen molar-refractivity contribution in [1.29, 1.82) is 5.26 Å². The summed E-state index contributed by atoms with van der Waals surface area (Å²) in [6.07, 6.45) is 3.06. The van der Waals surface area contributed by atoms with Crippen molar-refractivity contribution < 1.29 is 9.84 Å². The predicted octanol–water partition coefficient (Wildman–Crippen LogP) is 1.85. The van der Waals surface area contributed by atoms with E-state index in [0.29, 0.717) is 0 Å². The zero-order chi connectivity index (χ0) is 10.6.